The summed E-state index contributed by atoms with van der Waals surface area (Å²) in [5.41, 5.74) is 1.04. The molecule has 6 nitrogen and oxygen atoms in total. The van der Waals surface area contributed by atoms with Crippen LogP contribution in [0.15, 0.2) is 59.5 Å². The van der Waals surface area contributed by atoms with E-state index in [9.17, 15) is 13.2 Å². The molecule has 7 heteroatoms. The number of carbonyl (C=O) groups excluding carboxylic acids is 1. The second-order valence-electron chi connectivity index (χ2n) is 7.80. The molecule has 0 spiro atoms. The number of carbonyl (C=O) groups is 1. The molecule has 0 saturated heterocycles. The molecule has 0 heterocycles. The lowest BCUT2D eigenvalue weighted by atomic mass is 10.2. The highest BCUT2D eigenvalue weighted by Gasteiger charge is 2.22. The van der Waals surface area contributed by atoms with Crippen LogP contribution in [0.25, 0.3) is 0 Å². The molecule has 0 aliphatic heterocycles. The third-order valence-corrected chi connectivity index (χ3v) is 6.35. The van der Waals surface area contributed by atoms with Gasteiger partial charge in [-0.05, 0) is 50.1 Å². The molecule has 2 aromatic rings. The van der Waals surface area contributed by atoms with E-state index in [-0.39, 0.29) is 23.4 Å². The fourth-order valence-electron chi connectivity index (χ4n) is 2.98. The van der Waals surface area contributed by atoms with Crippen LogP contribution in [-0.2, 0) is 14.8 Å². The Balaban J connectivity index is 2.15. The van der Waals surface area contributed by atoms with Gasteiger partial charge in [0.25, 0.3) is 10.0 Å². The highest BCUT2D eigenvalue weighted by atomic mass is 32.2. The second-order valence-corrected chi connectivity index (χ2v) is 9.77. The fraction of sp³-hybridized carbons (Fsp3) is 0.409. The first-order valence-corrected chi connectivity index (χ1v) is 11.2. The zero-order chi connectivity index (χ0) is 21.6. The van der Waals surface area contributed by atoms with Crippen molar-refractivity contribution in [2.75, 3.05) is 29.8 Å². The fourth-order valence-corrected chi connectivity index (χ4v) is 4.22. The minimum Gasteiger partial charge on any atom is -0.325 e. The van der Waals surface area contributed by atoms with Crippen molar-refractivity contribution in [1.29, 1.82) is 0 Å². The van der Waals surface area contributed by atoms with E-state index in [4.69, 9.17) is 0 Å². The minimum atomic E-state index is -3.73. The van der Waals surface area contributed by atoms with Gasteiger partial charge >= 0.3 is 0 Å². The predicted molar refractivity (Wildman–Crippen MR) is 119 cm³/mol. The van der Waals surface area contributed by atoms with Crippen LogP contribution < -0.4 is 9.62 Å². The Labute approximate surface area is 174 Å². The highest BCUT2D eigenvalue weighted by Crippen LogP contribution is 2.23. The molecule has 1 N–H and O–H groups in total. The van der Waals surface area contributed by atoms with E-state index in [1.165, 1.54) is 23.5 Å². The van der Waals surface area contributed by atoms with Crippen LogP contribution in [0.2, 0.25) is 0 Å². The van der Waals surface area contributed by atoms with E-state index in [0.29, 0.717) is 17.3 Å². The minimum absolute atomic E-state index is 0.129. The Bertz CT molecular complexity index is 912. The van der Waals surface area contributed by atoms with Crippen LogP contribution in [0.1, 0.15) is 27.7 Å². The highest BCUT2D eigenvalue weighted by molar-refractivity contribution is 7.92. The summed E-state index contributed by atoms with van der Waals surface area (Å²) in [7, 11) is -2.21. The van der Waals surface area contributed by atoms with Gasteiger partial charge in [-0.25, -0.2) is 8.42 Å². The number of sulfonamides is 1. The first-order chi connectivity index (χ1) is 13.6. The molecule has 0 atom stereocenters. The van der Waals surface area contributed by atoms with Gasteiger partial charge in [-0.3, -0.25) is 14.0 Å². The van der Waals surface area contributed by atoms with Gasteiger partial charge in [-0.2, -0.15) is 0 Å². The number of hydrogen-bond acceptors (Lipinski definition) is 4. The summed E-state index contributed by atoms with van der Waals surface area (Å²) in [5.74, 6) is 0.289. The Morgan fingerprint density at radius 1 is 1.00 bits per heavy atom. The van der Waals surface area contributed by atoms with Crippen molar-refractivity contribution in [3.05, 3.63) is 54.6 Å². The standard InChI is InChI=1S/C22H31N3O3S/c1-17(2)15-25(18(3)4)16-22(26)23-19-10-9-13-21(14-19)29(27,28)24(5)20-11-7-6-8-12-20/h6-14,17-18H,15-16H2,1-5H3,(H,23,26). The van der Waals surface area contributed by atoms with E-state index in [1.54, 1.807) is 36.4 Å². The van der Waals surface area contributed by atoms with Gasteiger partial charge in [0.15, 0.2) is 0 Å². The molecule has 29 heavy (non-hydrogen) atoms. The Morgan fingerprint density at radius 3 is 2.24 bits per heavy atom. The number of anilines is 2. The molecule has 1 amide bonds. The lowest BCUT2D eigenvalue weighted by Crippen LogP contribution is -2.40. The molecule has 0 saturated carbocycles. The summed E-state index contributed by atoms with van der Waals surface area (Å²) in [5, 5.41) is 2.83. The van der Waals surface area contributed by atoms with E-state index in [2.05, 4.69) is 37.9 Å². The molecular weight excluding hydrogens is 386 g/mol. The van der Waals surface area contributed by atoms with Gasteiger partial charge in [-0.1, -0.05) is 38.1 Å². The Hall–Kier alpha value is -2.38. The SMILES string of the molecule is CC(C)CN(CC(=O)Nc1cccc(S(=O)(=O)N(C)c2ccccc2)c1)C(C)C. The maximum Gasteiger partial charge on any atom is 0.264 e. The van der Waals surface area contributed by atoms with Crippen LogP contribution in [0.4, 0.5) is 11.4 Å². The van der Waals surface area contributed by atoms with Crippen molar-refractivity contribution in [3.63, 3.8) is 0 Å². The van der Waals surface area contributed by atoms with Crippen LogP contribution in [0, 0.1) is 5.92 Å². The molecule has 2 aromatic carbocycles. The number of amides is 1. The predicted octanol–water partition coefficient (Wildman–Crippen LogP) is 3.82. The summed E-state index contributed by atoms with van der Waals surface area (Å²) in [6, 6.07) is 15.5. The van der Waals surface area contributed by atoms with E-state index >= 15 is 0 Å². The normalized spacial score (nSPS) is 11.9. The van der Waals surface area contributed by atoms with Crippen LogP contribution in [-0.4, -0.2) is 45.4 Å². The average Bonchev–Trinajstić information content (AvgIpc) is 2.67. The van der Waals surface area contributed by atoms with Gasteiger partial charge < -0.3 is 5.32 Å². The van der Waals surface area contributed by atoms with Crippen LogP contribution in [0.5, 0.6) is 0 Å². The number of hydrogen-bond donors (Lipinski definition) is 1. The maximum atomic E-state index is 13.0. The smallest absolute Gasteiger partial charge is 0.264 e. The van der Waals surface area contributed by atoms with Gasteiger partial charge in [0.05, 0.1) is 17.1 Å². The summed E-state index contributed by atoms with van der Waals surface area (Å²) in [4.78, 5) is 14.7. The molecule has 0 bridgehead atoms. The van der Waals surface area contributed by atoms with Crippen molar-refractivity contribution in [2.24, 2.45) is 5.92 Å². The van der Waals surface area contributed by atoms with Crippen molar-refractivity contribution in [1.82, 2.24) is 4.90 Å². The maximum absolute atomic E-state index is 13.0. The molecule has 0 aliphatic carbocycles. The number of nitrogens with one attached hydrogen (secondary N) is 1. The molecular formula is C22H31N3O3S. The molecule has 0 aliphatic rings. The topological polar surface area (TPSA) is 69.7 Å². The van der Waals surface area contributed by atoms with Gasteiger partial charge in [0, 0.05) is 25.3 Å². The van der Waals surface area contributed by atoms with E-state index in [0.717, 1.165) is 6.54 Å². The number of rotatable bonds is 9. The van der Waals surface area contributed by atoms with Crippen molar-refractivity contribution in [3.8, 4) is 0 Å². The summed E-state index contributed by atoms with van der Waals surface area (Å²) < 4.78 is 27.2. The monoisotopic (exact) mass is 417 g/mol. The van der Waals surface area contributed by atoms with Gasteiger partial charge in [-0.15, -0.1) is 0 Å². The van der Waals surface area contributed by atoms with Crippen molar-refractivity contribution < 1.29 is 13.2 Å². The second kappa shape index (κ2) is 9.89. The summed E-state index contributed by atoms with van der Waals surface area (Å²) in [6.07, 6.45) is 0. The van der Waals surface area contributed by atoms with Crippen LogP contribution in [0.3, 0.4) is 0 Å². The molecule has 0 fully saturated rings. The van der Waals surface area contributed by atoms with Gasteiger partial charge in [0.1, 0.15) is 0 Å². The molecule has 158 valence electrons. The molecule has 2 rings (SSSR count). The third kappa shape index (κ3) is 6.30. The molecule has 0 aromatic heterocycles. The first kappa shape index (κ1) is 22.9. The zero-order valence-corrected chi connectivity index (χ0v) is 18.6. The largest absolute Gasteiger partial charge is 0.325 e. The number of nitrogens with zero attached hydrogens (tertiary/aromatic N) is 2. The van der Waals surface area contributed by atoms with Crippen molar-refractivity contribution in [2.45, 2.75) is 38.6 Å². The quantitative estimate of drug-likeness (QED) is 0.673. The van der Waals surface area contributed by atoms with Crippen molar-refractivity contribution >= 4 is 27.3 Å². The third-order valence-electron chi connectivity index (χ3n) is 4.57. The summed E-state index contributed by atoms with van der Waals surface area (Å²) in [6.45, 7) is 9.43. The molecule has 0 radical (unpaired) electrons. The van der Waals surface area contributed by atoms with E-state index < -0.39 is 10.0 Å². The summed E-state index contributed by atoms with van der Waals surface area (Å²) >= 11 is 0. The Morgan fingerprint density at radius 2 is 1.66 bits per heavy atom. The van der Waals surface area contributed by atoms with Crippen LogP contribution >= 0.6 is 0 Å². The zero-order valence-electron chi connectivity index (χ0n) is 17.8. The Kier molecular flexibility index (Phi) is 7.81. The number of benzene rings is 2. The van der Waals surface area contributed by atoms with E-state index in [1.807, 2.05) is 6.07 Å². The van der Waals surface area contributed by atoms with Gasteiger partial charge in [0.2, 0.25) is 5.91 Å². The lowest BCUT2D eigenvalue weighted by molar-refractivity contribution is -0.117. The number of para-hydroxylation sites is 1. The lowest BCUT2D eigenvalue weighted by Gasteiger charge is -2.27. The first-order valence-electron chi connectivity index (χ1n) is 9.79. The molecule has 0 unspecified atom stereocenters. The average molecular weight is 418 g/mol.